The molecule has 2 fully saturated rings. The fraction of sp³-hybridized carbons (Fsp3) is 0.909. The first kappa shape index (κ1) is 10.9. The maximum absolute atomic E-state index is 11.8. The molecule has 2 saturated heterocycles. The number of nitrogens with one attached hydrogen (secondary N) is 1. The summed E-state index contributed by atoms with van der Waals surface area (Å²) in [5.74, 6) is 0.280. The van der Waals surface area contributed by atoms with Crippen molar-refractivity contribution >= 4 is 5.91 Å². The molecule has 0 aliphatic carbocycles. The van der Waals surface area contributed by atoms with Gasteiger partial charge in [-0.05, 0) is 32.4 Å². The van der Waals surface area contributed by atoms with Gasteiger partial charge in [0, 0.05) is 26.2 Å². The summed E-state index contributed by atoms with van der Waals surface area (Å²) in [5, 5.41) is 3.34. The molecule has 0 aromatic rings. The quantitative estimate of drug-likeness (QED) is 0.685. The van der Waals surface area contributed by atoms with E-state index in [1.807, 2.05) is 23.9 Å². The van der Waals surface area contributed by atoms with Crippen LogP contribution >= 0.6 is 0 Å². The Balaban J connectivity index is 1.80. The largest absolute Gasteiger partial charge is 0.342 e. The first-order valence-electron chi connectivity index (χ1n) is 5.75. The van der Waals surface area contributed by atoms with Crippen LogP contribution in [0.25, 0.3) is 0 Å². The van der Waals surface area contributed by atoms with Crippen molar-refractivity contribution in [1.29, 1.82) is 0 Å². The molecule has 1 N–H and O–H groups in total. The second-order valence-corrected chi connectivity index (χ2v) is 5.22. The van der Waals surface area contributed by atoms with Crippen molar-refractivity contribution in [2.24, 2.45) is 5.41 Å². The smallest absolute Gasteiger partial charge is 0.236 e. The lowest BCUT2D eigenvalue weighted by Crippen LogP contribution is -2.59. The maximum atomic E-state index is 11.8. The predicted octanol–water partition coefficient (Wildman–Crippen LogP) is -0.240. The molecule has 2 aliphatic rings. The molecule has 2 heterocycles. The van der Waals surface area contributed by atoms with Crippen molar-refractivity contribution in [2.45, 2.75) is 12.8 Å². The highest BCUT2D eigenvalue weighted by molar-refractivity contribution is 5.78. The molecule has 1 spiro atoms. The minimum absolute atomic E-state index is 0.280. The van der Waals surface area contributed by atoms with Gasteiger partial charge in [0.1, 0.15) is 0 Å². The Morgan fingerprint density at radius 3 is 2.33 bits per heavy atom. The Hall–Kier alpha value is -0.610. The lowest BCUT2D eigenvalue weighted by atomic mass is 9.73. The van der Waals surface area contributed by atoms with Crippen LogP contribution in [0.3, 0.4) is 0 Å². The zero-order valence-electron chi connectivity index (χ0n) is 9.75. The normalized spacial score (nSPS) is 24.3. The van der Waals surface area contributed by atoms with E-state index in [1.54, 1.807) is 0 Å². The van der Waals surface area contributed by atoms with E-state index in [2.05, 4.69) is 5.32 Å². The topological polar surface area (TPSA) is 35.6 Å². The number of hydrogen-bond donors (Lipinski definition) is 1. The summed E-state index contributed by atoms with van der Waals surface area (Å²) in [6, 6.07) is 0. The standard InChI is InChI=1S/C11H21N3O/c1-13(2)7-10(15)14-5-3-11(4-6-14)8-12-9-11/h12H,3-9H2,1-2H3. The van der Waals surface area contributed by atoms with Crippen LogP contribution in [-0.4, -0.2) is 62.5 Å². The Morgan fingerprint density at radius 2 is 1.93 bits per heavy atom. The molecule has 0 unspecified atom stereocenters. The average molecular weight is 211 g/mol. The molecule has 0 atom stereocenters. The van der Waals surface area contributed by atoms with Crippen LogP contribution in [-0.2, 0) is 4.79 Å². The Kier molecular flexibility index (Phi) is 2.98. The van der Waals surface area contributed by atoms with Gasteiger partial charge >= 0.3 is 0 Å². The molecule has 0 saturated carbocycles. The Bertz CT molecular complexity index is 238. The van der Waals surface area contributed by atoms with E-state index in [0.29, 0.717) is 12.0 Å². The number of hydrogen-bond acceptors (Lipinski definition) is 3. The van der Waals surface area contributed by atoms with E-state index < -0.39 is 0 Å². The first-order chi connectivity index (χ1) is 7.11. The predicted molar refractivity (Wildman–Crippen MR) is 59.7 cm³/mol. The minimum atomic E-state index is 0.280. The molecule has 2 rings (SSSR count). The Labute approximate surface area is 91.6 Å². The lowest BCUT2D eigenvalue weighted by Gasteiger charge is -2.48. The third kappa shape index (κ3) is 2.32. The zero-order valence-corrected chi connectivity index (χ0v) is 9.75. The third-order valence-electron chi connectivity index (χ3n) is 3.63. The number of carbonyl (C=O) groups excluding carboxylic acids is 1. The second kappa shape index (κ2) is 4.10. The summed E-state index contributed by atoms with van der Waals surface area (Å²) < 4.78 is 0. The summed E-state index contributed by atoms with van der Waals surface area (Å²) in [6.45, 7) is 4.76. The molecule has 2 aliphatic heterocycles. The minimum Gasteiger partial charge on any atom is -0.342 e. The zero-order chi connectivity index (χ0) is 10.9. The van der Waals surface area contributed by atoms with E-state index in [4.69, 9.17) is 0 Å². The summed E-state index contributed by atoms with van der Waals surface area (Å²) in [7, 11) is 3.89. The summed E-state index contributed by atoms with van der Waals surface area (Å²) >= 11 is 0. The van der Waals surface area contributed by atoms with Crippen molar-refractivity contribution in [3.8, 4) is 0 Å². The van der Waals surface area contributed by atoms with E-state index in [9.17, 15) is 4.79 Å². The molecule has 0 aromatic carbocycles. The van der Waals surface area contributed by atoms with Gasteiger partial charge in [-0.3, -0.25) is 4.79 Å². The Morgan fingerprint density at radius 1 is 1.33 bits per heavy atom. The number of rotatable bonds is 2. The highest BCUT2D eigenvalue weighted by Crippen LogP contribution is 2.34. The molecule has 0 bridgehead atoms. The monoisotopic (exact) mass is 211 g/mol. The second-order valence-electron chi connectivity index (χ2n) is 5.22. The van der Waals surface area contributed by atoms with Gasteiger partial charge in [-0.25, -0.2) is 0 Å². The molecule has 1 amide bonds. The van der Waals surface area contributed by atoms with Gasteiger partial charge in [-0.2, -0.15) is 0 Å². The van der Waals surface area contributed by atoms with Gasteiger partial charge in [0.05, 0.1) is 6.54 Å². The molecule has 4 nitrogen and oxygen atoms in total. The molecular formula is C11H21N3O. The van der Waals surface area contributed by atoms with Gasteiger partial charge < -0.3 is 15.1 Å². The van der Waals surface area contributed by atoms with Crippen molar-refractivity contribution < 1.29 is 4.79 Å². The fourth-order valence-corrected chi connectivity index (χ4v) is 2.43. The van der Waals surface area contributed by atoms with E-state index in [-0.39, 0.29) is 5.91 Å². The molecular weight excluding hydrogens is 190 g/mol. The maximum Gasteiger partial charge on any atom is 0.236 e. The van der Waals surface area contributed by atoms with Crippen molar-refractivity contribution in [1.82, 2.24) is 15.1 Å². The SMILES string of the molecule is CN(C)CC(=O)N1CCC2(CC1)CNC2. The summed E-state index contributed by atoms with van der Waals surface area (Å²) in [4.78, 5) is 15.8. The number of amides is 1. The molecule has 0 radical (unpaired) electrons. The number of piperidine rings is 1. The molecule has 4 heteroatoms. The van der Waals surface area contributed by atoms with Crippen LogP contribution in [0.5, 0.6) is 0 Å². The van der Waals surface area contributed by atoms with Crippen molar-refractivity contribution in [3.63, 3.8) is 0 Å². The van der Waals surface area contributed by atoms with Crippen LogP contribution in [0.1, 0.15) is 12.8 Å². The van der Waals surface area contributed by atoms with E-state index in [0.717, 1.165) is 26.2 Å². The number of likely N-dealkylation sites (tertiary alicyclic amines) is 1. The van der Waals surface area contributed by atoms with Crippen LogP contribution in [0, 0.1) is 5.41 Å². The van der Waals surface area contributed by atoms with Gasteiger partial charge in [-0.15, -0.1) is 0 Å². The average Bonchev–Trinajstić information content (AvgIpc) is 2.14. The van der Waals surface area contributed by atoms with Crippen LogP contribution in [0.15, 0.2) is 0 Å². The van der Waals surface area contributed by atoms with Crippen molar-refractivity contribution in [2.75, 3.05) is 46.8 Å². The number of likely N-dealkylation sites (N-methyl/N-ethyl adjacent to an activating group) is 1. The molecule has 0 aromatic heterocycles. The van der Waals surface area contributed by atoms with Crippen LogP contribution in [0.2, 0.25) is 0 Å². The summed E-state index contributed by atoms with van der Waals surface area (Å²) in [5.41, 5.74) is 0.537. The lowest BCUT2D eigenvalue weighted by molar-refractivity contribution is -0.134. The number of carbonyl (C=O) groups is 1. The van der Waals surface area contributed by atoms with Crippen molar-refractivity contribution in [3.05, 3.63) is 0 Å². The highest BCUT2D eigenvalue weighted by atomic mass is 16.2. The fourth-order valence-electron chi connectivity index (χ4n) is 2.43. The van der Waals surface area contributed by atoms with Crippen LogP contribution in [0.4, 0.5) is 0 Å². The van der Waals surface area contributed by atoms with Gasteiger partial charge in [0.15, 0.2) is 0 Å². The number of nitrogens with zero attached hydrogens (tertiary/aromatic N) is 2. The third-order valence-corrected chi connectivity index (χ3v) is 3.63. The highest BCUT2D eigenvalue weighted by Gasteiger charge is 2.40. The van der Waals surface area contributed by atoms with Gasteiger partial charge in [-0.1, -0.05) is 0 Å². The molecule has 15 heavy (non-hydrogen) atoms. The van der Waals surface area contributed by atoms with Gasteiger partial charge in [0.2, 0.25) is 5.91 Å². The van der Waals surface area contributed by atoms with E-state index in [1.165, 1.54) is 12.8 Å². The van der Waals surface area contributed by atoms with Crippen LogP contribution < -0.4 is 5.32 Å². The molecule has 86 valence electrons. The first-order valence-corrected chi connectivity index (χ1v) is 5.75. The van der Waals surface area contributed by atoms with E-state index >= 15 is 0 Å². The summed E-state index contributed by atoms with van der Waals surface area (Å²) in [6.07, 6.45) is 2.36. The van der Waals surface area contributed by atoms with Gasteiger partial charge in [0.25, 0.3) is 0 Å².